The summed E-state index contributed by atoms with van der Waals surface area (Å²) < 4.78 is 41.8. The summed E-state index contributed by atoms with van der Waals surface area (Å²) in [6.07, 6.45) is 15.3. The number of halogens is 2. The predicted octanol–water partition coefficient (Wildman–Crippen LogP) is 10.1. The van der Waals surface area contributed by atoms with Gasteiger partial charge in [-0.3, -0.25) is 0 Å². The van der Waals surface area contributed by atoms with E-state index in [1.165, 1.54) is 57.8 Å². The van der Waals surface area contributed by atoms with Gasteiger partial charge in [0.15, 0.2) is 23.1 Å². The van der Waals surface area contributed by atoms with E-state index in [4.69, 9.17) is 9.47 Å². The van der Waals surface area contributed by atoms with Crippen LogP contribution in [0.15, 0.2) is 36.4 Å². The molecule has 4 heteroatoms. The smallest absolute Gasteiger partial charge is 0.172 e. The molecule has 0 bridgehead atoms. The fourth-order valence-corrected chi connectivity index (χ4v) is 4.64. The van der Waals surface area contributed by atoms with Gasteiger partial charge < -0.3 is 9.47 Å². The molecular formula is C31H42F2O2. The molecule has 0 saturated heterocycles. The fourth-order valence-electron chi connectivity index (χ4n) is 4.64. The lowest BCUT2D eigenvalue weighted by atomic mass is 10.0. The normalized spacial score (nSPS) is 11.4. The maximum absolute atomic E-state index is 15.2. The van der Waals surface area contributed by atoms with Crippen molar-refractivity contribution in [2.75, 3.05) is 13.2 Å². The predicted molar refractivity (Wildman–Crippen MR) is 144 cm³/mol. The van der Waals surface area contributed by atoms with E-state index in [-0.39, 0.29) is 23.1 Å². The largest absolute Gasteiger partial charge is 0.490 e. The molecule has 3 rings (SSSR count). The second-order valence-electron chi connectivity index (χ2n) is 9.60. The van der Waals surface area contributed by atoms with E-state index in [9.17, 15) is 0 Å². The number of rotatable bonds is 17. The van der Waals surface area contributed by atoms with Crippen LogP contribution in [0.5, 0.6) is 11.5 Å². The summed E-state index contributed by atoms with van der Waals surface area (Å²) in [4.78, 5) is 0. The van der Waals surface area contributed by atoms with E-state index in [2.05, 4.69) is 13.8 Å². The van der Waals surface area contributed by atoms with Gasteiger partial charge in [0.25, 0.3) is 0 Å². The Bertz CT molecular complexity index is 1050. The number of fused-ring (bicyclic) bond motifs is 3. The summed E-state index contributed by atoms with van der Waals surface area (Å²) in [6.45, 7) is 5.43. The van der Waals surface area contributed by atoms with Gasteiger partial charge in [0.1, 0.15) is 0 Å². The van der Waals surface area contributed by atoms with Crippen molar-refractivity contribution in [3.63, 3.8) is 0 Å². The highest BCUT2D eigenvalue weighted by Gasteiger charge is 2.15. The first-order valence-corrected chi connectivity index (χ1v) is 13.8. The molecule has 35 heavy (non-hydrogen) atoms. The lowest BCUT2D eigenvalue weighted by Gasteiger charge is -2.13. The molecule has 3 aromatic carbocycles. The molecule has 192 valence electrons. The third-order valence-corrected chi connectivity index (χ3v) is 6.76. The highest BCUT2D eigenvalue weighted by atomic mass is 19.1. The van der Waals surface area contributed by atoms with Crippen LogP contribution in [0.3, 0.4) is 0 Å². The Morgan fingerprint density at radius 2 is 0.800 bits per heavy atom. The SMILES string of the molecule is CCCCCCCCCCOc1ccc2c(ccc3c(F)c(OCCCCCCC)ccc32)c1F. The topological polar surface area (TPSA) is 18.5 Å². The first-order valence-electron chi connectivity index (χ1n) is 13.8. The second kappa shape index (κ2) is 14.9. The van der Waals surface area contributed by atoms with Gasteiger partial charge in [-0.15, -0.1) is 0 Å². The zero-order chi connectivity index (χ0) is 24.9. The molecule has 3 aromatic rings. The minimum Gasteiger partial charge on any atom is -0.490 e. The van der Waals surface area contributed by atoms with E-state index in [1.54, 1.807) is 24.3 Å². The average molecular weight is 485 g/mol. The quantitative estimate of drug-likeness (QED) is 0.140. The number of unbranched alkanes of at least 4 members (excludes halogenated alkanes) is 11. The van der Waals surface area contributed by atoms with Crippen LogP contribution in [0.2, 0.25) is 0 Å². The van der Waals surface area contributed by atoms with Gasteiger partial charge in [-0.25, -0.2) is 8.78 Å². The molecule has 0 spiro atoms. The van der Waals surface area contributed by atoms with Gasteiger partial charge in [-0.1, -0.05) is 96.6 Å². The van der Waals surface area contributed by atoms with Crippen LogP contribution in [0, 0.1) is 11.6 Å². The van der Waals surface area contributed by atoms with Gasteiger partial charge in [-0.05, 0) is 47.9 Å². The molecule has 0 N–H and O–H groups in total. The Morgan fingerprint density at radius 1 is 0.457 bits per heavy atom. The van der Waals surface area contributed by atoms with Crippen LogP contribution in [0.25, 0.3) is 21.5 Å². The molecule has 0 atom stereocenters. The van der Waals surface area contributed by atoms with Crippen molar-refractivity contribution in [3.05, 3.63) is 48.0 Å². The van der Waals surface area contributed by atoms with Crippen LogP contribution in [0.1, 0.15) is 97.3 Å². The number of benzene rings is 3. The maximum Gasteiger partial charge on any atom is 0.172 e. The monoisotopic (exact) mass is 484 g/mol. The minimum absolute atomic E-state index is 0.262. The van der Waals surface area contributed by atoms with Crippen molar-refractivity contribution >= 4 is 21.5 Å². The van der Waals surface area contributed by atoms with Crippen LogP contribution in [0.4, 0.5) is 8.78 Å². The summed E-state index contributed by atoms with van der Waals surface area (Å²) in [7, 11) is 0. The molecule has 0 aliphatic carbocycles. The molecule has 2 nitrogen and oxygen atoms in total. The minimum atomic E-state index is -0.381. The third kappa shape index (κ3) is 7.81. The number of ether oxygens (including phenoxy) is 2. The van der Waals surface area contributed by atoms with Crippen molar-refractivity contribution in [1.82, 2.24) is 0 Å². The average Bonchev–Trinajstić information content (AvgIpc) is 2.87. The molecule has 0 aromatic heterocycles. The lowest BCUT2D eigenvalue weighted by molar-refractivity contribution is 0.291. The third-order valence-electron chi connectivity index (χ3n) is 6.76. The van der Waals surface area contributed by atoms with E-state index in [0.717, 1.165) is 25.7 Å². The fraction of sp³-hybridized carbons (Fsp3) is 0.548. The van der Waals surface area contributed by atoms with E-state index in [1.807, 2.05) is 12.1 Å². The standard InChI is InChI=1S/C31H42F2O2/c1-3-5-7-9-10-11-13-15-23-35-29-21-19-25-24-18-20-28(34-22-14-12-8-6-4-2)30(32)26(24)16-17-27(25)31(29)33/h16-21H,3-15,22-23H2,1-2H3. The summed E-state index contributed by atoms with van der Waals surface area (Å²) in [6, 6.07) is 10.3. The first-order chi connectivity index (χ1) is 17.2. The van der Waals surface area contributed by atoms with Gasteiger partial charge in [0.05, 0.1) is 13.2 Å². The second-order valence-corrected chi connectivity index (χ2v) is 9.60. The first kappa shape index (κ1) is 27.2. The summed E-state index contributed by atoms with van der Waals surface area (Å²) in [5.74, 6) is -0.230. The molecule has 0 radical (unpaired) electrons. The van der Waals surface area contributed by atoms with Crippen LogP contribution < -0.4 is 9.47 Å². The number of hydrogen-bond donors (Lipinski definition) is 0. The molecule has 0 saturated carbocycles. The molecule has 0 unspecified atom stereocenters. The molecule has 0 aliphatic heterocycles. The Labute approximate surface area is 210 Å². The summed E-state index contributed by atoms with van der Waals surface area (Å²) in [5.41, 5.74) is 0. The van der Waals surface area contributed by atoms with Gasteiger partial charge in [0.2, 0.25) is 0 Å². The van der Waals surface area contributed by atoms with Gasteiger partial charge in [0, 0.05) is 10.8 Å². The molecule has 0 fully saturated rings. The summed E-state index contributed by atoms with van der Waals surface area (Å²) >= 11 is 0. The molecule has 0 amide bonds. The zero-order valence-corrected chi connectivity index (χ0v) is 21.6. The Hall–Kier alpha value is -2.36. The van der Waals surface area contributed by atoms with E-state index >= 15 is 8.78 Å². The van der Waals surface area contributed by atoms with Crippen molar-refractivity contribution in [2.45, 2.75) is 97.3 Å². The molecule has 0 aliphatic rings. The highest BCUT2D eigenvalue weighted by Crippen LogP contribution is 2.35. The van der Waals surface area contributed by atoms with Crippen molar-refractivity contribution < 1.29 is 18.3 Å². The number of hydrogen-bond acceptors (Lipinski definition) is 2. The molecule has 0 heterocycles. The van der Waals surface area contributed by atoms with Crippen molar-refractivity contribution in [2.24, 2.45) is 0 Å². The van der Waals surface area contributed by atoms with E-state index < -0.39 is 0 Å². The lowest BCUT2D eigenvalue weighted by Crippen LogP contribution is -2.01. The highest BCUT2D eigenvalue weighted by molar-refractivity contribution is 6.08. The van der Waals surface area contributed by atoms with Crippen LogP contribution in [-0.2, 0) is 0 Å². The van der Waals surface area contributed by atoms with Crippen LogP contribution >= 0.6 is 0 Å². The van der Waals surface area contributed by atoms with E-state index in [0.29, 0.717) is 34.8 Å². The Morgan fingerprint density at radius 3 is 1.20 bits per heavy atom. The van der Waals surface area contributed by atoms with Crippen LogP contribution in [-0.4, -0.2) is 13.2 Å². The van der Waals surface area contributed by atoms with Crippen molar-refractivity contribution in [3.8, 4) is 11.5 Å². The maximum atomic E-state index is 15.2. The zero-order valence-electron chi connectivity index (χ0n) is 21.6. The van der Waals surface area contributed by atoms with Gasteiger partial charge in [-0.2, -0.15) is 0 Å². The molecular weight excluding hydrogens is 442 g/mol. The Balaban J connectivity index is 1.58. The Kier molecular flexibility index (Phi) is 11.6. The van der Waals surface area contributed by atoms with Gasteiger partial charge >= 0.3 is 0 Å². The van der Waals surface area contributed by atoms with Crippen molar-refractivity contribution in [1.29, 1.82) is 0 Å². The summed E-state index contributed by atoms with van der Waals surface area (Å²) in [5, 5.41) is 2.27.